The van der Waals surface area contributed by atoms with E-state index in [1.54, 1.807) is 0 Å². The van der Waals surface area contributed by atoms with Gasteiger partial charge in [0.25, 0.3) is 0 Å². The number of halogens is 1. The molecule has 0 aliphatic heterocycles. The minimum Gasteiger partial charge on any atom is -0.469 e. The van der Waals surface area contributed by atoms with E-state index < -0.39 is 16.0 Å². The molecule has 0 heterocycles. The zero-order valence-electron chi connectivity index (χ0n) is 11.2. The van der Waals surface area contributed by atoms with Gasteiger partial charge in [-0.25, -0.2) is 12.7 Å². The van der Waals surface area contributed by atoms with E-state index in [0.29, 0.717) is 18.8 Å². The lowest BCUT2D eigenvalue weighted by Crippen LogP contribution is -2.37. The maximum Gasteiger partial charge on any atom is 0.306 e. The summed E-state index contributed by atoms with van der Waals surface area (Å²) in [6, 6.07) is 0. The first-order chi connectivity index (χ1) is 8.33. The summed E-state index contributed by atoms with van der Waals surface area (Å²) in [4.78, 5) is 11.1. The fourth-order valence-electron chi connectivity index (χ4n) is 1.44. The molecule has 0 amide bonds. The van der Waals surface area contributed by atoms with Gasteiger partial charge in [-0.3, -0.25) is 4.79 Å². The monoisotopic (exact) mass is 299 g/mol. The van der Waals surface area contributed by atoms with Gasteiger partial charge in [0.15, 0.2) is 0 Å². The number of nitrogens with zero attached hydrogens (tertiary/aromatic N) is 1. The summed E-state index contributed by atoms with van der Waals surface area (Å²) in [5.41, 5.74) is 0. The van der Waals surface area contributed by atoms with Crippen LogP contribution in [0.4, 0.5) is 0 Å². The summed E-state index contributed by atoms with van der Waals surface area (Å²) in [5.74, 6) is 0.126. The van der Waals surface area contributed by atoms with E-state index in [1.807, 2.05) is 13.8 Å². The van der Waals surface area contributed by atoms with E-state index in [-0.39, 0.29) is 24.6 Å². The van der Waals surface area contributed by atoms with Crippen LogP contribution in [0.1, 0.15) is 26.7 Å². The summed E-state index contributed by atoms with van der Waals surface area (Å²) in [7, 11) is -2.05. The van der Waals surface area contributed by atoms with Crippen molar-refractivity contribution < 1.29 is 17.9 Å². The minimum atomic E-state index is -3.34. The first kappa shape index (κ1) is 17.7. The molecule has 0 unspecified atom stereocenters. The van der Waals surface area contributed by atoms with Crippen molar-refractivity contribution in [1.29, 1.82) is 0 Å². The van der Waals surface area contributed by atoms with Gasteiger partial charge in [0.05, 0.1) is 19.3 Å². The smallest absolute Gasteiger partial charge is 0.306 e. The van der Waals surface area contributed by atoms with E-state index in [9.17, 15) is 13.2 Å². The van der Waals surface area contributed by atoms with E-state index in [2.05, 4.69) is 4.74 Å². The van der Waals surface area contributed by atoms with Crippen LogP contribution < -0.4 is 0 Å². The van der Waals surface area contributed by atoms with Gasteiger partial charge in [0.2, 0.25) is 10.0 Å². The zero-order valence-corrected chi connectivity index (χ0v) is 12.8. The molecule has 0 saturated carbocycles. The van der Waals surface area contributed by atoms with E-state index >= 15 is 0 Å². The Hall–Kier alpha value is -0.330. The molecule has 0 N–H and O–H groups in total. The molecule has 108 valence electrons. The number of esters is 1. The van der Waals surface area contributed by atoms with Crippen molar-refractivity contribution in [2.45, 2.75) is 26.7 Å². The number of sulfonamides is 1. The molecule has 0 aliphatic rings. The molecule has 0 rings (SSSR count). The van der Waals surface area contributed by atoms with Crippen molar-refractivity contribution in [1.82, 2.24) is 4.31 Å². The molecule has 0 aromatic rings. The zero-order chi connectivity index (χ0) is 14.2. The van der Waals surface area contributed by atoms with Crippen LogP contribution in [0.3, 0.4) is 0 Å². The Bertz CT molecular complexity index is 343. The maximum atomic E-state index is 12.0. The molecule has 5 nitrogen and oxygen atoms in total. The van der Waals surface area contributed by atoms with Gasteiger partial charge >= 0.3 is 5.97 Å². The van der Waals surface area contributed by atoms with Gasteiger partial charge in [0.1, 0.15) is 0 Å². The minimum absolute atomic E-state index is 0.0182. The molecule has 0 fully saturated rings. The Morgan fingerprint density at radius 2 is 2.00 bits per heavy atom. The van der Waals surface area contributed by atoms with E-state index in [0.717, 1.165) is 0 Å². The number of alkyl halides is 1. The third-order valence-electron chi connectivity index (χ3n) is 2.29. The molecule has 0 spiro atoms. The van der Waals surface area contributed by atoms with Crippen LogP contribution >= 0.6 is 11.6 Å². The van der Waals surface area contributed by atoms with Crippen molar-refractivity contribution in [3.63, 3.8) is 0 Å². The van der Waals surface area contributed by atoms with Crippen LogP contribution in [0, 0.1) is 5.92 Å². The lowest BCUT2D eigenvalue weighted by atomic mass is 10.2. The molecule has 0 bridgehead atoms. The lowest BCUT2D eigenvalue weighted by molar-refractivity contribution is -0.140. The highest BCUT2D eigenvalue weighted by Crippen LogP contribution is 2.09. The average Bonchev–Trinajstić information content (AvgIpc) is 2.30. The van der Waals surface area contributed by atoms with Gasteiger partial charge in [-0.05, 0) is 12.3 Å². The van der Waals surface area contributed by atoms with Crippen molar-refractivity contribution >= 4 is 27.6 Å². The number of hydrogen-bond acceptors (Lipinski definition) is 4. The summed E-state index contributed by atoms with van der Waals surface area (Å²) < 4.78 is 29.9. The van der Waals surface area contributed by atoms with Crippen LogP contribution in [0.5, 0.6) is 0 Å². The Labute approximate surface area is 114 Å². The Morgan fingerprint density at radius 1 is 1.39 bits per heavy atom. The topological polar surface area (TPSA) is 63.7 Å². The summed E-state index contributed by atoms with van der Waals surface area (Å²) in [5, 5.41) is 0. The molecule has 0 aromatic carbocycles. The molecular formula is C11H22ClNO4S. The molecule has 0 radical (unpaired) electrons. The van der Waals surface area contributed by atoms with Crippen LogP contribution in [-0.2, 0) is 19.6 Å². The van der Waals surface area contributed by atoms with Gasteiger partial charge < -0.3 is 4.74 Å². The molecule has 7 heteroatoms. The normalized spacial score (nSPS) is 12.1. The molecule has 0 saturated heterocycles. The van der Waals surface area contributed by atoms with E-state index in [1.165, 1.54) is 11.4 Å². The van der Waals surface area contributed by atoms with Gasteiger partial charge in [-0.15, -0.1) is 11.6 Å². The average molecular weight is 300 g/mol. The molecule has 18 heavy (non-hydrogen) atoms. The first-order valence-electron chi connectivity index (χ1n) is 5.94. The van der Waals surface area contributed by atoms with Crippen molar-refractivity contribution in [3.05, 3.63) is 0 Å². The molecule has 0 aromatic heterocycles. The summed E-state index contributed by atoms with van der Waals surface area (Å²) in [6.45, 7) is 4.43. The number of rotatable bonds is 9. The van der Waals surface area contributed by atoms with Crippen molar-refractivity contribution in [3.8, 4) is 0 Å². The molecule has 0 aliphatic carbocycles. The van der Waals surface area contributed by atoms with Crippen molar-refractivity contribution in [2.75, 3.05) is 31.8 Å². The fraction of sp³-hybridized carbons (Fsp3) is 0.909. The number of methoxy groups -OCH3 is 1. The van der Waals surface area contributed by atoms with Crippen LogP contribution in [0.2, 0.25) is 0 Å². The fourth-order valence-corrected chi connectivity index (χ4v) is 3.39. The Morgan fingerprint density at radius 3 is 2.44 bits per heavy atom. The highest BCUT2D eigenvalue weighted by molar-refractivity contribution is 7.89. The van der Waals surface area contributed by atoms with Crippen LogP contribution in [-0.4, -0.2) is 50.5 Å². The largest absolute Gasteiger partial charge is 0.469 e. The Balaban J connectivity index is 4.60. The summed E-state index contributed by atoms with van der Waals surface area (Å²) >= 11 is 5.51. The van der Waals surface area contributed by atoms with Crippen LogP contribution in [0.15, 0.2) is 0 Å². The second kappa shape index (κ2) is 8.72. The second-order valence-electron chi connectivity index (χ2n) is 4.44. The number of carbonyl (C=O) groups excluding carboxylic acids is 1. The summed E-state index contributed by atoms with van der Waals surface area (Å²) in [6.07, 6.45) is 0.486. The first-order valence-corrected chi connectivity index (χ1v) is 8.08. The second-order valence-corrected chi connectivity index (χ2v) is 6.90. The van der Waals surface area contributed by atoms with Crippen molar-refractivity contribution in [2.24, 2.45) is 5.92 Å². The SMILES string of the molecule is COC(=O)CCN(CC(C)C)S(=O)(=O)CCCCl. The van der Waals surface area contributed by atoms with Crippen LogP contribution in [0.25, 0.3) is 0 Å². The van der Waals surface area contributed by atoms with Gasteiger partial charge in [0, 0.05) is 19.0 Å². The third kappa shape index (κ3) is 7.18. The number of ether oxygens (including phenoxy) is 1. The highest BCUT2D eigenvalue weighted by atomic mass is 35.5. The number of carbonyl (C=O) groups is 1. The third-order valence-corrected chi connectivity index (χ3v) is 4.48. The maximum absolute atomic E-state index is 12.0. The van der Waals surface area contributed by atoms with Gasteiger partial charge in [-0.1, -0.05) is 13.8 Å². The predicted octanol–water partition coefficient (Wildman–Crippen LogP) is 1.47. The molecular weight excluding hydrogens is 278 g/mol. The van der Waals surface area contributed by atoms with Gasteiger partial charge in [-0.2, -0.15) is 0 Å². The number of hydrogen-bond donors (Lipinski definition) is 0. The Kier molecular flexibility index (Phi) is 8.56. The molecule has 0 atom stereocenters. The van der Waals surface area contributed by atoms with E-state index in [4.69, 9.17) is 11.6 Å². The predicted molar refractivity (Wildman–Crippen MR) is 72.2 cm³/mol. The highest BCUT2D eigenvalue weighted by Gasteiger charge is 2.23. The standard InChI is InChI=1S/C11H22ClNO4S/c1-10(2)9-13(7-5-11(14)17-3)18(15,16)8-4-6-12/h10H,4-9H2,1-3H3. The quantitative estimate of drug-likeness (QED) is 0.478. The lowest BCUT2D eigenvalue weighted by Gasteiger charge is -2.23.